The summed E-state index contributed by atoms with van der Waals surface area (Å²) in [6.45, 7) is 5.96. The van der Waals surface area contributed by atoms with Crippen molar-refractivity contribution in [3.05, 3.63) is 11.6 Å². The number of aliphatic hydroxyl groups excluding tert-OH is 1. The molecule has 0 aromatic heterocycles. The molecule has 0 radical (unpaired) electrons. The smallest absolute Gasteiger partial charge is 0.302 e. The first-order chi connectivity index (χ1) is 10.5. The quantitative estimate of drug-likeness (QED) is 0.595. The molecule has 4 rings (SSSR count). The Morgan fingerprint density at radius 1 is 1.45 bits per heavy atom. The number of hydrogen-bond acceptors (Lipinski definition) is 4. The summed E-state index contributed by atoms with van der Waals surface area (Å²) < 4.78 is 5.74. The maximum Gasteiger partial charge on any atom is 0.302 e. The Balaban J connectivity index is 1.81. The molecule has 3 fully saturated rings. The van der Waals surface area contributed by atoms with Crippen molar-refractivity contribution in [3.63, 3.8) is 0 Å². The van der Waals surface area contributed by atoms with Gasteiger partial charge in [-0.25, -0.2) is 0 Å². The molecule has 122 valence electrons. The highest BCUT2D eigenvalue weighted by Gasteiger charge is 2.62. The maximum absolute atomic E-state index is 11.6. The van der Waals surface area contributed by atoms with E-state index in [0.29, 0.717) is 11.8 Å². The van der Waals surface area contributed by atoms with Gasteiger partial charge in [-0.15, -0.1) is 0 Å². The largest absolute Gasteiger partial charge is 0.462 e. The van der Waals surface area contributed by atoms with E-state index in [1.54, 1.807) is 0 Å². The van der Waals surface area contributed by atoms with Crippen LogP contribution < -0.4 is 0 Å². The van der Waals surface area contributed by atoms with E-state index in [2.05, 4.69) is 17.9 Å². The van der Waals surface area contributed by atoms with Crippen LogP contribution in [-0.2, 0) is 9.53 Å². The van der Waals surface area contributed by atoms with E-state index in [1.165, 1.54) is 18.9 Å². The fourth-order valence-corrected chi connectivity index (χ4v) is 6.02. The summed E-state index contributed by atoms with van der Waals surface area (Å²) in [5, 5.41) is 10.7. The number of rotatable bonds is 1. The molecule has 2 saturated carbocycles. The standard InChI is InChI=1S/C18H27NO3/c1-11-10-18-14-5-3-7-19(18)8-4-6-15(18)16(22-12(2)20)9-13(14)17(11)21/h5,11,13,15-17,21H,3-4,6-10H2,1-2H3/t11-,13-,15+,16+,17+,18+/m0/s1. The Morgan fingerprint density at radius 2 is 2.27 bits per heavy atom. The summed E-state index contributed by atoms with van der Waals surface area (Å²) in [6.07, 6.45) is 7.33. The van der Waals surface area contributed by atoms with Gasteiger partial charge in [-0.1, -0.05) is 13.0 Å². The van der Waals surface area contributed by atoms with Crippen molar-refractivity contribution < 1.29 is 14.6 Å². The summed E-state index contributed by atoms with van der Waals surface area (Å²) >= 11 is 0. The van der Waals surface area contributed by atoms with Gasteiger partial charge in [0.15, 0.2) is 0 Å². The molecule has 2 aliphatic carbocycles. The van der Waals surface area contributed by atoms with Crippen LogP contribution in [0.5, 0.6) is 0 Å². The van der Waals surface area contributed by atoms with Gasteiger partial charge in [0.2, 0.25) is 0 Å². The first-order valence-corrected chi connectivity index (χ1v) is 8.85. The summed E-state index contributed by atoms with van der Waals surface area (Å²) in [6, 6.07) is 0. The average molecular weight is 305 g/mol. The van der Waals surface area contributed by atoms with Crippen molar-refractivity contribution in [2.75, 3.05) is 13.1 Å². The lowest BCUT2D eigenvalue weighted by Gasteiger charge is -2.65. The number of hydrogen-bond donors (Lipinski definition) is 1. The Hall–Kier alpha value is -0.870. The molecule has 4 aliphatic rings. The summed E-state index contributed by atoms with van der Waals surface area (Å²) in [7, 11) is 0. The molecule has 4 heteroatoms. The molecule has 2 aliphatic heterocycles. The number of ether oxygens (including phenoxy) is 1. The zero-order chi connectivity index (χ0) is 15.5. The predicted octanol–water partition coefficient (Wildman–Crippen LogP) is 2.12. The average Bonchev–Trinajstić information content (AvgIpc) is 2.47. The number of carbonyl (C=O) groups is 1. The van der Waals surface area contributed by atoms with Gasteiger partial charge in [0.1, 0.15) is 6.10 Å². The lowest BCUT2D eigenvalue weighted by atomic mass is 9.51. The van der Waals surface area contributed by atoms with Crippen LogP contribution in [-0.4, -0.2) is 46.8 Å². The van der Waals surface area contributed by atoms with Crippen LogP contribution in [0.15, 0.2) is 11.6 Å². The fourth-order valence-electron chi connectivity index (χ4n) is 6.02. The molecule has 2 bridgehead atoms. The van der Waals surface area contributed by atoms with Gasteiger partial charge in [0, 0.05) is 30.8 Å². The normalized spacial score (nSPS) is 47.4. The van der Waals surface area contributed by atoms with Gasteiger partial charge in [0.25, 0.3) is 0 Å². The topological polar surface area (TPSA) is 49.8 Å². The summed E-state index contributed by atoms with van der Waals surface area (Å²) in [5.41, 5.74) is 1.52. The third-order valence-corrected chi connectivity index (χ3v) is 6.66. The fraction of sp³-hybridized carbons (Fsp3) is 0.833. The minimum Gasteiger partial charge on any atom is -0.462 e. The van der Waals surface area contributed by atoms with Gasteiger partial charge in [-0.2, -0.15) is 0 Å². The third-order valence-electron chi connectivity index (χ3n) is 6.66. The van der Waals surface area contributed by atoms with Crippen LogP contribution in [0.1, 0.15) is 46.0 Å². The molecule has 4 nitrogen and oxygen atoms in total. The Bertz CT molecular complexity index is 516. The molecule has 6 atom stereocenters. The molecule has 0 aromatic carbocycles. The lowest BCUT2D eigenvalue weighted by Crippen LogP contribution is -2.70. The van der Waals surface area contributed by atoms with Crippen LogP contribution in [0.4, 0.5) is 0 Å². The second kappa shape index (κ2) is 5.07. The highest BCUT2D eigenvalue weighted by molar-refractivity contribution is 5.66. The Labute approximate surface area is 132 Å². The van der Waals surface area contributed by atoms with E-state index in [4.69, 9.17) is 4.74 Å². The van der Waals surface area contributed by atoms with Crippen LogP contribution in [0.3, 0.4) is 0 Å². The number of nitrogens with zero attached hydrogens (tertiary/aromatic N) is 1. The van der Waals surface area contributed by atoms with E-state index >= 15 is 0 Å². The SMILES string of the molecule is CC(=O)O[C@@H]1C[C@H]2C3=CCCN4CCC[C@H]1[C@@]34C[C@H](C)[C@H]2O. The minimum atomic E-state index is -0.294. The second-order valence-corrected chi connectivity index (χ2v) is 7.77. The molecular formula is C18H27NO3. The summed E-state index contributed by atoms with van der Waals surface area (Å²) in [5.74, 6) is 0.720. The van der Waals surface area contributed by atoms with Gasteiger partial charge in [-0.05, 0) is 50.1 Å². The maximum atomic E-state index is 11.6. The van der Waals surface area contributed by atoms with Gasteiger partial charge < -0.3 is 9.84 Å². The lowest BCUT2D eigenvalue weighted by molar-refractivity contribution is -0.173. The van der Waals surface area contributed by atoms with Crippen LogP contribution >= 0.6 is 0 Å². The number of piperidine rings is 1. The van der Waals surface area contributed by atoms with Crippen LogP contribution in [0.25, 0.3) is 0 Å². The molecule has 0 amide bonds. The molecule has 0 aromatic rings. The molecule has 1 spiro atoms. The molecule has 0 unspecified atom stereocenters. The van der Waals surface area contributed by atoms with Gasteiger partial charge >= 0.3 is 5.97 Å². The molecule has 22 heavy (non-hydrogen) atoms. The van der Waals surface area contributed by atoms with E-state index in [9.17, 15) is 9.90 Å². The zero-order valence-corrected chi connectivity index (χ0v) is 13.6. The first kappa shape index (κ1) is 14.7. The third kappa shape index (κ3) is 1.86. The highest BCUT2D eigenvalue weighted by atomic mass is 16.5. The van der Waals surface area contributed by atoms with E-state index in [0.717, 1.165) is 38.8 Å². The van der Waals surface area contributed by atoms with Gasteiger partial charge in [-0.3, -0.25) is 9.69 Å². The van der Waals surface area contributed by atoms with E-state index < -0.39 is 0 Å². The van der Waals surface area contributed by atoms with Crippen LogP contribution in [0.2, 0.25) is 0 Å². The number of esters is 1. The number of aliphatic hydroxyl groups is 1. The van der Waals surface area contributed by atoms with Gasteiger partial charge in [0.05, 0.1) is 6.10 Å². The molecule has 1 saturated heterocycles. The van der Waals surface area contributed by atoms with Crippen molar-refractivity contribution in [1.29, 1.82) is 0 Å². The van der Waals surface area contributed by atoms with Crippen molar-refractivity contribution in [1.82, 2.24) is 4.90 Å². The molecule has 1 N–H and O–H groups in total. The predicted molar refractivity (Wildman–Crippen MR) is 83.2 cm³/mol. The van der Waals surface area contributed by atoms with Crippen molar-refractivity contribution in [3.8, 4) is 0 Å². The molecule has 2 heterocycles. The summed E-state index contributed by atoms with van der Waals surface area (Å²) in [4.78, 5) is 14.2. The molecular weight excluding hydrogens is 278 g/mol. The van der Waals surface area contributed by atoms with Crippen LogP contribution in [0, 0.1) is 17.8 Å². The minimum absolute atomic E-state index is 0.0253. The van der Waals surface area contributed by atoms with E-state index in [1.807, 2.05) is 0 Å². The zero-order valence-electron chi connectivity index (χ0n) is 13.6. The second-order valence-electron chi connectivity index (χ2n) is 7.77. The van der Waals surface area contributed by atoms with Crippen molar-refractivity contribution in [2.45, 2.75) is 63.7 Å². The Morgan fingerprint density at radius 3 is 3.05 bits per heavy atom. The monoisotopic (exact) mass is 305 g/mol. The highest BCUT2D eigenvalue weighted by Crippen LogP contribution is 2.59. The first-order valence-electron chi connectivity index (χ1n) is 8.85. The van der Waals surface area contributed by atoms with E-state index in [-0.39, 0.29) is 29.6 Å². The van der Waals surface area contributed by atoms with Crippen molar-refractivity contribution >= 4 is 5.97 Å². The Kier molecular flexibility index (Phi) is 3.39. The number of carbonyl (C=O) groups excluding carboxylic acids is 1. The van der Waals surface area contributed by atoms with Crippen molar-refractivity contribution in [2.24, 2.45) is 17.8 Å².